The van der Waals surface area contributed by atoms with E-state index in [1.54, 1.807) is 0 Å². The van der Waals surface area contributed by atoms with Crippen LogP contribution in [0.5, 0.6) is 0 Å². The zero-order chi connectivity index (χ0) is 17.8. The molecule has 0 bridgehead atoms. The predicted octanol–water partition coefficient (Wildman–Crippen LogP) is 2.65. The van der Waals surface area contributed by atoms with Crippen LogP contribution in [-0.4, -0.2) is 47.3 Å². The van der Waals surface area contributed by atoms with Gasteiger partial charge in [-0.2, -0.15) is 0 Å². The Labute approximate surface area is 153 Å². The zero-order valence-corrected chi connectivity index (χ0v) is 15.1. The maximum Gasteiger partial charge on any atom is 0.311 e. The molecule has 2 aliphatic heterocycles. The normalized spacial score (nSPS) is 34.0. The number of fused-ring (bicyclic) bond motifs is 6. The predicted molar refractivity (Wildman–Crippen MR) is 98.7 cm³/mol. The van der Waals surface area contributed by atoms with Crippen molar-refractivity contribution in [1.29, 1.82) is 0 Å². The number of benzene rings is 1. The minimum atomic E-state index is -0.568. The summed E-state index contributed by atoms with van der Waals surface area (Å²) in [7, 11) is 1.43. The van der Waals surface area contributed by atoms with E-state index >= 15 is 0 Å². The first kappa shape index (κ1) is 16.3. The fourth-order valence-electron chi connectivity index (χ4n) is 5.80. The number of aliphatic hydroxyl groups excluding tert-OH is 1. The Balaban J connectivity index is 1.52. The maximum atomic E-state index is 12.4. The van der Waals surface area contributed by atoms with E-state index in [0.717, 1.165) is 32.4 Å². The molecule has 1 aromatic heterocycles. The van der Waals surface area contributed by atoms with Crippen LogP contribution in [0, 0.1) is 17.8 Å². The molecule has 1 saturated carbocycles. The molecule has 0 unspecified atom stereocenters. The van der Waals surface area contributed by atoms with Gasteiger partial charge in [0.1, 0.15) is 0 Å². The first-order valence-corrected chi connectivity index (χ1v) is 9.76. The Morgan fingerprint density at radius 2 is 2.15 bits per heavy atom. The molecular weight excluding hydrogens is 328 g/mol. The Bertz CT molecular complexity index is 845. The molecule has 1 saturated heterocycles. The van der Waals surface area contributed by atoms with Gasteiger partial charge in [0.2, 0.25) is 0 Å². The molecule has 26 heavy (non-hydrogen) atoms. The molecule has 5 rings (SSSR count). The topological polar surface area (TPSA) is 65.6 Å². The van der Waals surface area contributed by atoms with Crippen molar-refractivity contribution < 1.29 is 14.6 Å². The third kappa shape index (κ3) is 2.33. The molecule has 2 fully saturated rings. The van der Waals surface area contributed by atoms with E-state index in [1.807, 2.05) is 0 Å². The fourth-order valence-corrected chi connectivity index (χ4v) is 5.80. The quantitative estimate of drug-likeness (QED) is 0.773. The van der Waals surface area contributed by atoms with Crippen LogP contribution in [-0.2, 0) is 16.0 Å². The lowest BCUT2D eigenvalue weighted by Gasteiger charge is -2.50. The molecule has 2 aromatic rings. The summed E-state index contributed by atoms with van der Waals surface area (Å²) in [5.74, 6) is 0.0541. The summed E-state index contributed by atoms with van der Waals surface area (Å²) in [5.41, 5.74) is 3.96. The lowest BCUT2D eigenvalue weighted by Crippen LogP contribution is -2.53. The van der Waals surface area contributed by atoms with Crippen LogP contribution < -0.4 is 0 Å². The van der Waals surface area contributed by atoms with Crippen molar-refractivity contribution in [2.24, 2.45) is 17.8 Å². The van der Waals surface area contributed by atoms with Gasteiger partial charge in [0.05, 0.1) is 25.2 Å². The molecule has 3 aliphatic rings. The number of methoxy groups -OCH3 is 1. The number of ether oxygens (including phenoxy) is 1. The molecular formula is C21H26N2O3. The average Bonchev–Trinajstić information content (AvgIpc) is 3.05. The molecule has 5 atom stereocenters. The molecule has 0 radical (unpaired) electrons. The summed E-state index contributed by atoms with van der Waals surface area (Å²) in [6.45, 7) is 2.10. The molecule has 5 heteroatoms. The first-order valence-electron chi connectivity index (χ1n) is 9.76. The highest BCUT2D eigenvalue weighted by molar-refractivity contribution is 5.85. The van der Waals surface area contributed by atoms with Crippen LogP contribution >= 0.6 is 0 Å². The number of piperidine rings is 1. The van der Waals surface area contributed by atoms with Gasteiger partial charge in [-0.05, 0) is 49.1 Å². The van der Waals surface area contributed by atoms with E-state index in [-0.39, 0.29) is 17.8 Å². The van der Waals surface area contributed by atoms with Crippen molar-refractivity contribution in [2.45, 2.75) is 37.8 Å². The van der Waals surface area contributed by atoms with E-state index in [0.29, 0.717) is 18.4 Å². The number of esters is 1. The number of hydrogen-bond donors (Lipinski definition) is 2. The Kier molecular flexibility index (Phi) is 3.83. The Morgan fingerprint density at radius 3 is 3.00 bits per heavy atom. The number of aliphatic hydroxyl groups is 1. The third-order valence-electron chi connectivity index (χ3n) is 7.02. The van der Waals surface area contributed by atoms with Gasteiger partial charge in [-0.3, -0.25) is 9.69 Å². The Morgan fingerprint density at radius 1 is 1.31 bits per heavy atom. The minimum absolute atomic E-state index is 0.199. The smallest absolute Gasteiger partial charge is 0.311 e. The second kappa shape index (κ2) is 6.10. The van der Waals surface area contributed by atoms with Gasteiger partial charge in [-0.15, -0.1) is 0 Å². The summed E-state index contributed by atoms with van der Waals surface area (Å²) < 4.78 is 5.04. The number of aromatic amines is 1. The third-order valence-corrected chi connectivity index (χ3v) is 7.02. The van der Waals surface area contributed by atoms with Gasteiger partial charge in [0.15, 0.2) is 0 Å². The number of carbonyl (C=O) groups is 1. The van der Waals surface area contributed by atoms with Crippen LogP contribution in [0.3, 0.4) is 0 Å². The van der Waals surface area contributed by atoms with Crippen molar-refractivity contribution in [3.05, 3.63) is 35.5 Å². The van der Waals surface area contributed by atoms with Gasteiger partial charge < -0.3 is 14.8 Å². The van der Waals surface area contributed by atoms with E-state index in [1.165, 1.54) is 29.3 Å². The van der Waals surface area contributed by atoms with Crippen LogP contribution in [0.2, 0.25) is 0 Å². The highest BCUT2D eigenvalue weighted by Gasteiger charge is 2.49. The molecule has 2 N–H and O–H groups in total. The van der Waals surface area contributed by atoms with Gasteiger partial charge in [-0.1, -0.05) is 18.2 Å². The van der Waals surface area contributed by atoms with E-state index in [2.05, 4.69) is 34.1 Å². The molecule has 0 amide bonds. The number of rotatable bonds is 1. The van der Waals surface area contributed by atoms with Gasteiger partial charge in [-0.25, -0.2) is 0 Å². The first-order chi connectivity index (χ1) is 12.7. The number of nitrogens with one attached hydrogen (secondary N) is 1. The monoisotopic (exact) mass is 354 g/mol. The maximum absolute atomic E-state index is 12.4. The molecule has 3 heterocycles. The van der Waals surface area contributed by atoms with Crippen molar-refractivity contribution in [1.82, 2.24) is 9.88 Å². The summed E-state index contributed by atoms with van der Waals surface area (Å²) in [5, 5.41) is 11.8. The van der Waals surface area contributed by atoms with E-state index in [4.69, 9.17) is 4.74 Å². The van der Waals surface area contributed by atoms with Crippen molar-refractivity contribution in [2.75, 3.05) is 20.2 Å². The zero-order valence-electron chi connectivity index (χ0n) is 15.1. The van der Waals surface area contributed by atoms with Crippen LogP contribution in [0.1, 0.15) is 36.6 Å². The molecule has 5 nitrogen and oxygen atoms in total. The lowest BCUT2D eigenvalue weighted by molar-refractivity contribution is -0.160. The number of carbonyl (C=O) groups excluding carboxylic acids is 1. The largest absolute Gasteiger partial charge is 0.469 e. The number of H-pyrrole nitrogens is 1. The van der Waals surface area contributed by atoms with Crippen LogP contribution in [0.4, 0.5) is 0 Å². The van der Waals surface area contributed by atoms with Gasteiger partial charge in [0.25, 0.3) is 0 Å². The summed E-state index contributed by atoms with van der Waals surface area (Å²) in [4.78, 5) is 18.6. The molecule has 1 aliphatic carbocycles. The number of aromatic nitrogens is 1. The average molecular weight is 354 g/mol. The minimum Gasteiger partial charge on any atom is -0.469 e. The fraction of sp³-hybridized carbons (Fsp3) is 0.571. The summed E-state index contributed by atoms with van der Waals surface area (Å²) >= 11 is 0. The van der Waals surface area contributed by atoms with Crippen LogP contribution in [0.25, 0.3) is 10.9 Å². The van der Waals surface area contributed by atoms with Crippen LogP contribution in [0.15, 0.2) is 24.3 Å². The van der Waals surface area contributed by atoms with E-state index < -0.39 is 6.10 Å². The van der Waals surface area contributed by atoms with E-state index in [9.17, 15) is 9.90 Å². The molecule has 138 valence electrons. The number of para-hydroxylation sites is 1. The van der Waals surface area contributed by atoms with Gasteiger partial charge >= 0.3 is 5.97 Å². The number of nitrogens with zero attached hydrogens (tertiary/aromatic N) is 1. The summed E-state index contributed by atoms with van der Waals surface area (Å²) in [6, 6.07) is 8.83. The number of hydrogen-bond acceptors (Lipinski definition) is 4. The highest BCUT2D eigenvalue weighted by atomic mass is 16.5. The van der Waals surface area contributed by atoms with Crippen molar-refractivity contribution in [3.8, 4) is 0 Å². The van der Waals surface area contributed by atoms with Crippen molar-refractivity contribution >= 4 is 16.9 Å². The second-order valence-corrected chi connectivity index (χ2v) is 8.18. The SMILES string of the molecule is COC(=O)[C@H]1[C@@H]2C[C@H]3c4[nH]c5ccccc5c4CCN3C[C@H]2CC[C@H]1O. The lowest BCUT2D eigenvalue weighted by atomic mass is 9.65. The molecule has 0 spiro atoms. The standard InChI is InChI=1S/C21H26N2O3/c1-26-21(25)19-15-10-17-20-14(13-4-2-3-5-16(13)22-20)8-9-23(17)11-12(15)6-7-18(19)24/h2-5,12,15,17-19,22,24H,6-11H2,1H3/t12-,15-,17+,18-,19+/m1/s1. The van der Waals surface area contributed by atoms with Crippen molar-refractivity contribution in [3.63, 3.8) is 0 Å². The second-order valence-electron chi connectivity index (χ2n) is 8.18. The summed E-state index contributed by atoms with van der Waals surface area (Å²) in [6.07, 6.45) is 3.14. The Hall–Kier alpha value is -1.85. The van der Waals surface area contributed by atoms with Gasteiger partial charge in [0, 0.05) is 29.7 Å². The molecule has 1 aromatic carbocycles. The highest BCUT2D eigenvalue weighted by Crippen LogP contribution is 2.49.